The molecule has 5 aromatic rings. The second-order valence-electron chi connectivity index (χ2n) is 11.6. The topological polar surface area (TPSA) is 106 Å². The second kappa shape index (κ2) is 9.71. The van der Waals surface area contributed by atoms with Crippen molar-refractivity contribution >= 4 is 56.4 Å². The van der Waals surface area contributed by atoms with Gasteiger partial charge in [-0.2, -0.15) is 0 Å². The molecule has 0 spiro atoms. The van der Waals surface area contributed by atoms with Crippen molar-refractivity contribution in [1.29, 1.82) is 0 Å². The Morgan fingerprint density at radius 1 is 1.19 bits per heavy atom. The van der Waals surface area contributed by atoms with Crippen LogP contribution in [-0.4, -0.2) is 70.6 Å². The van der Waals surface area contributed by atoms with Crippen LogP contribution in [0.3, 0.4) is 0 Å². The molecule has 4 aromatic heterocycles. The number of hydrogen-bond donors (Lipinski definition) is 3. The minimum atomic E-state index is -1.28. The van der Waals surface area contributed by atoms with Crippen LogP contribution in [0.15, 0.2) is 47.5 Å². The number of nitrogens with zero attached hydrogens (tertiary/aromatic N) is 4. The molecule has 3 atom stereocenters. The number of aromatic carboxylic acids is 1. The summed E-state index contributed by atoms with van der Waals surface area (Å²) in [7, 11) is 5.99. The van der Waals surface area contributed by atoms with Gasteiger partial charge in [0, 0.05) is 66.7 Å². The molecule has 0 amide bonds. The van der Waals surface area contributed by atoms with Crippen molar-refractivity contribution in [2.75, 3.05) is 44.4 Å². The molecule has 0 radical (unpaired) electrons. The fourth-order valence-electron chi connectivity index (χ4n) is 7.26. The molecular formula is C31H30ClFN6O3. The minimum absolute atomic E-state index is 0.0156. The lowest BCUT2D eigenvalue weighted by Gasteiger charge is -2.28. The fourth-order valence-corrected chi connectivity index (χ4v) is 7.50. The summed E-state index contributed by atoms with van der Waals surface area (Å²) < 4.78 is 16.5. The third kappa shape index (κ3) is 3.89. The summed E-state index contributed by atoms with van der Waals surface area (Å²) in [5.74, 6) is -0.830. The van der Waals surface area contributed by atoms with Gasteiger partial charge in [-0.1, -0.05) is 17.7 Å². The third-order valence-electron chi connectivity index (χ3n) is 9.22. The normalized spacial score (nSPS) is 20.3. The van der Waals surface area contributed by atoms with Crippen molar-refractivity contribution in [3.63, 3.8) is 0 Å². The van der Waals surface area contributed by atoms with Gasteiger partial charge in [-0.3, -0.25) is 9.20 Å². The van der Waals surface area contributed by atoms with E-state index in [9.17, 15) is 14.7 Å². The molecule has 1 saturated heterocycles. The Kier molecular flexibility index (Phi) is 6.18. The molecule has 216 valence electrons. The smallest absolute Gasteiger partial charge is 0.341 e. The van der Waals surface area contributed by atoms with Gasteiger partial charge in [-0.05, 0) is 57.0 Å². The van der Waals surface area contributed by atoms with Crippen molar-refractivity contribution in [3.05, 3.63) is 69.5 Å². The molecule has 42 heavy (non-hydrogen) atoms. The number of halogens is 2. The van der Waals surface area contributed by atoms with Gasteiger partial charge in [0.1, 0.15) is 17.0 Å². The molecule has 1 aliphatic carbocycles. The number of fused-ring (bicyclic) bond motifs is 5. The van der Waals surface area contributed by atoms with E-state index >= 15 is 4.39 Å². The summed E-state index contributed by atoms with van der Waals surface area (Å²) in [6.07, 6.45) is 5.71. The highest BCUT2D eigenvalue weighted by atomic mass is 35.5. The highest BCUT2D eigenvalue weighted by Gasteiger charge is 2.44. The molecule has 1 saturated carbocycles. The van der Waals surface area contributed by atoms with Crippen LogP contribution in [-0.2, 0) is 0 Å². The van der Waals surface area contributed by atoms with E-state index in [4.69, 9.17) is 16.6 Å². The standard InChI is InChI=1S/C31H30ClFN6O3/c1-34-22-10-21(33)26(32)24-25-28(38-12-15-5-9-23(37(2)3)20(15)14-38)19(11-35-29(25)36-27(22)24)16-4-6-17-7-8-18(31(41)42)30(40)39(17)13-16/h4,6-8,10-11,13,15,20,23,34H,5,9,12,14H2,1-3H3,(H,35,36)(H,41,42)/t15?,20?,23-/m1/s1. The first kappa shape index (κ1) is 26.7. The number of benzene rings is 1. The quantitative estimate of drug-likeness (QED) is 0.256. The van der Waals surface area contributed by atoms with Crippen molar-refractivity contribution in [2.45, 2.75) is 18.9 Å². The van der Waals surface area contributed by atoms with Crippen LogP contribution in [0.25, 0.3) is 38.6 Å². The highest BCUT2D eigenvalue weighted by Crippen LogP contribution is 2.49. The van der Waals surface area contributed by atoms with Crippen LogP contribution >= 0.6 is 11.6 Å². The molecule has 3 N–H and O–H groups in total. The molecule has 2 aliphatic rings. The third-order valence-corrected chi connectivity index (χ3v) is 9.59. The van der Waals surface area contributed by atoms with Crippen molar-refractivity contribution in [1.82, 2.24) is 19.3 Å². The van der Waals surface area contributed by atoms with E-state index in [-0.39, 0.29) is 10.6 Å². The first-order chi connectivity index (χ1) is 20.2. The molecule has 0 bridgehead atoms. The number of H-pyrrole nitrogens is 1. The zero-order chi connectivity index (χ0) is 29.4. The van der Waals surface area contributed by atoms with Crippen LogP contribution in [0.5, 0.6) is 0 Å². The number of hydrogen-bond acceptors (Lipinski definition) is 6. The summed E-state index contributed by atoms with van der Waals surface area (Å²) in [6, 6.07) is 8.47. The van der Waals surface area contributed by atoms with Crippen LogP contribution in [0.1, 0.15) is 23.2 Å². The van der Waals surface area contributed by atoms with Crippen molar-refractivity contribution in [2.24, 2.45) is 11.8 Å². The Hall–Kier alpha value is -4.15. The largest absolute Gasteiger partial charge is 0.477 e. The molecule has 2 unspecified atom stereocenters. The van der Waals surface area contributed by atoms with Crippen LogP contribution < -0.4 is 15.8 Å². The summed E-state index contributed by atoms with van der Waals surface area (Å²) >= 11 is 6.68. The lowest BCUT2D eigenvalue weighted by atomic mass is 9.97. The molecular weight excluding hydrogens is 559 g/mol. The second-order valence-corrected chi connectivity index (χ2v) is 12.0. The zero-order valence-electron chi connectivity index (χ0n) is 23.4. The van der Waals surface area contributed by atoms with Crippen molar-refractivity contribution < 1.29 is 14.3 Å². The van der Waals surface area contributed by atoms with Gasteiger partial charge in [0.15, 0.2) is 0 Å². The van der Waals surface area contributed by atoms with Gasteiger partial charge in [-0.15, -0.1) is 0 Å². The van der Waals surface area contributed by atoms with Gasteiger partial charge in [0.2, 0.25) is 0 Å². The van der Waals surface area contributed by atoms with Gasteiger partial charge in [-0.25, -0.2) is 14.2 Å². The summed E-state index contributed by atoms with van der Waals surface area (Å²) in [5.41, 5.74) is 3.79. The molecule has 11 heteroatoms. The fraction of sp³-hybridized carbons (Fsp3) is 0.323. The maximum absolute atomic E-state index is 15.2. The van der Waals surface area contributed by atoms with E-state index in [2.05, 4.69) is 34.2 Å². The Morgan fingerprint density at radius 2 is 1.98 bits per heavy atom. The Labute approximate surface area is 245 Å². The molecule has 5 heterocycles. The monoisotopic (exact) mass is 588 g/mol. The number of rotatable bonds is 5. The van der Waals surface area contributed by atoms with Crippen LogP contribution in [0.4, 0.5) is 15.8 Å². The molecule has 9 nitrogen and oxygen atoms in total. The number of pyridine rings is 3. The number of carboxylic acid groups (broad SMARTS) is 1. The number of carboxylic acids is 1. The number of nitrogens with one attached hydrogen (secondary N) is 2. The van der Waals surface area contributed by atoms with E-state index < -0.39 is 17.3 Å². The van der Waals surface area contributed by atoms with E-state index in [0.29, 0.717) is 51.2 Å². The average Bonchev–Trinajstić information content (AvgIpc) is 3.67. The zero-order valence-corrected chi connectivity index (χ0v) is 24.2. The SMILES string of the molecule is CNc1cc(F)c(Cl)c2c1[nH]c1ncc(-c3ccc4ccc(C(=O)O)c(=O)n4c3)c(N3CC4CC[C@@H](N(C)C)C4C3)c12. The molecule has 1 aromatic carbocycles. The van der Waals surface area contributed by atoms with Crippen LogP contribution in [0, 0.1) is 17.7 Å². The minimum Gasteiger partial charge on any atom is -0.477 e. The first-order valence-corrected chi connectivity index (χ1v) is 14.4. The predicted octanol–water partition coefficient (Wildman–Crippen LogP) is 5.30. The van der Waals surface area contributed by atoms with E-state index in [1.807, 2.05) is 6.07 Å². The van der Waals surface area contributed by atoms with Crippen molar-refractivity contribution in [3.8, 4) is 11.1 Å². The van der Waals surface area contributed by atoms with Crippen LogP contribution in [0.2, 0.25) is 5.02 Å². The summed E-state index contributed by atoms with van der Waals surface area (Å²) in [5, 5.41) is 13.9. The number of anilines is 2. The molecule has 7 rings (SSSR count). The van der Waals surface area contributed by atoms with Gasteiger partial charge >= 0.3 is 5.97 Å². The summed E-state index contributed by atoms with van der Waals surface area (Å²) in [6.45, 7) is 1.64. The lowest BCUT2D eigenvalue weighted by Crippen LogP contribution is -2.35. The number of carbonyl (C=O) groups is 1. The maximum atomic E-state index is 15.2. The first-order valence-electron chi connectivity index (χ1n) is 14.0. The van der Waals surface area contributed by atoms with E-state index in [1.54, 1.807) is 31.6 Å². The predicted molar refractivity (Wildman–Crippen MR) is 164 cm³/mol. The van der Waals surface area contributed by atoms with Gasteiger partial charge < -0.3 is 25.2 Å². The maximum Gasteiger partial charge on any atom is 0.341 e. The molecule has 1 aliphatic heterocycles. The van der Waals surface area contributed by atoms with Gasteiger partial charge in [0.05, 0.1) is 27.3 Å². The van der Waals surface area contributed by atoms with Gasteiger partial charge in [0.25, 0.3) is 5.56 Å². The van der Waals surface area contributed by atoms with E-state index in [0.717, 1.165) is 42.6 Å². The Balaban J connectivity index is 1.52. The number of aromatic nitrogens is 3. The molecule has 2 fully saturated rings. The Morgan fingerprint density at radius 3 is 2.71 bits per heavy atom. The number of aromatic amines is 1. The highest BCUT2D eigenvalue weighted by molar-refractivity contribution is 6.39. The Bertz CT molecular complexity index is 1990. The average molecular weight is 589 g/mol. The lowest BCUT2D eigenvalue weighted by molar-refractivity contribution is 0.0694. The summed E-state index contributed by atoms with van der Waals surface area (Å²) in [4.78, 5) is 37.6. The van der Waals surface area contributed by atoms with E-state index in [1.165, 1.54) is 16.5 Å².